The first-order valence-electron chi connectivity index (χ1n) is 7.58. The van der Waals surface area contributed by atoms with Crippen molar-refractivity contribution in [3.05, 3.63) is 34.6 Å². The van der Waals surface area contributed by atoms with Crippen LogP contribution in [0.5, 0.6) is 0 Å². The lowest BCUT2D eigenvalue weighted by atomic mass is 10.00. The molecule has 2 atom stereocenters. The monoisotopic (exact) mass is 309 g/mol. The smallest absolute Gasteiger partial charge is 0.191 e. The predicted molar refractivity (Wildman–Crippen MR) is 84.1 cm³/mol. The van der Waals surface area contributed by atoms with E-state index in [1.54, 1.807) is 12.1 Å². The topological polar surface area (TPSA) is 41.6 Å². The van der Waals surface area contributed by atoms with Gasteiger partial charge in [-0.3, -0.25) is 0 Å². The summed E-state index contributed by atoms with van der Waals surface area (Å²) >= 11 is 6.10. The Morgan fingerprint density at radius 2 is 2.10 bits per heavy atom. The summed E-state index contributed by atoms with van der Waals surface area (Å²) in [6, 6.07) is 4.88. The summed E-state index contributed by atoms with van der Waals surface area (Å²) in [5.41, 5.74) is 6.69. The zero-order valence-electron chi connectivity index (χ0n) is 12.2. The number of rotatable bonds is 2. The first kappa shape index (κ1) is 14.6. The average Bonchev–Trinajstić information content (AvgIpc) is 3.18. The van der Waals surface area contributed by atoms with Gasteiger partial charge in [-0.1, -0.05) is 24.6 Å². The van der Waals surface area contributed by atoms with Crippen molar-refractivity contribution >= 4 is 17.6 Å². The van der Waals surface area contributed by atoms with E-state index in [0.29, 0.717) is 16.5 Å². The van der Waals surface area contributed by atoms with Crippen LogP contribution in [0.4, 0.5) is 4.39 Å². The third-order valence-corrected chi connectivity index (χ3v) is 4.86. The molecule has 2 N–H and O–H groups in total. The molecule has 0 aromatic heterocycles. The maximum atomic E-state index is 13.9. The van der Waals surface area contributed by atoms with Crippen LogP contribution in [0.15, 0.2) is 23.2 Å². The van der Waals surface area contributed by atoms with E-state index in [1.807, 2.05) is 0 Å². The Kier molecular flexibility index (Phi) is 4.07. The second-order valence-corrected chi connectivity index (χ2v) is 6.61. The molecule has 0 amide bonds. The van der Waals surface area contributed by atoms with Crippen LogP contribution in [0, 0.1) is 11.7 Å². The van der Waals surface area contributed by atoms with Crippen LogP contribution in [0.3, 0.4) is 0 Å². The normalized spacial score (nSPS) is 27.0. The van der Waals surface area contributed by atoms with E-state index in [1.165, 1.54) is 6.07 Å². The summed E-state index contributed by atoms with van der Waals surface area (Å²) in [4.78, 5) is 6.71. The SMILES string of the molecule is CC1CCN(C(N)=NC2CC2c2c(F)cccc2Cl)CC1. The van der Waals surface area contributed by atoms with Gasteiger partial charge in [0.05, 0.1) is 6.04 Å². The van der Waals surface area contributed by atoms with Crippen LogP contribution in [-0.2, 0) is 0 Å². The van der Waals surface area contributed by atoms with Crippen molar-refractivity contribution in [3.63, 3.8) is 0 Å². The number of aliphatic imine (C=N–C) groups is 1. The van der Waals surface area contributed by atoms with Gasteiger partial charge in [-0.15, -0.1) is 0 Å². The Morgan fingerprint density at radius 1 is 1.38 bits per heavy atom. The highest BCUT2D eigenvalue weighted by molar-refractivity contribution is 6.31. The Labute approximate surface area is 130 Å². The molecule has 3 nitrogen and oxygen atoms in total. The molecule has 1 saturated carbocycles. The minimum atomic E-state index is -0.240. The molecule has 2 fully saturated rings. The number of piperidine rings is 1. The number of nitrogens with zero attached hydrogens (tertiary/aromatic N) is 2. The largest absolute Gasteiger partial charge is 0.370 e. The van der Waals surface area contributed by atoms with Crippen molar-refractivity contribution in [2.24, 2.45) is 16.6 Å². The van der Waals surface area contributed by atoms with Gasteiger partial charge in [0.25, 0.3) is 0 Å². The highest BCUT2D eigenvalue weighted by Gasteiger charge is 2.41. The molecule has 1 heterocycles. The van der Waals surface area contributed by atoms with Crippen LogP contribution in [0.25, 0.3) is 0 Å². The highest BCUT2D eigenvalue weighted by atomic mass is 35.5. The number of benzene rings is 1. The minimum absolute atomic E-state index is 0.0683. The van der Waals surface area contributed by atoms with E-state index in [4.69, 9.17) is 17.3 Å². The molecule has 0 radical (unpaired) electrons. The Bertz CT molecular complexity index is 532. The number of hydrogen-bond donors (Lipinski definition) is 1. The summed E-state index contributed by atoms with van der Waals surface area (Å²) in [5.74, 6) is 1.19. The summed E-state index contributed by atoms with van der Waals surface area (Å²) in [6.45, 7) is 4.20. The lowest BCUT2D eigenvalue weighted by Crippen LogP contribution is -2.42. The molecule has 2 aliphatic rings. The number of nitrogens with two attached hydrogens (primary N) is 1. The Hall–Kier alpha value is -1.29. The first-order valence-corrected chi connectivity index (χ1v) is 7.96. The molecule has 0 bridgehead atoms. The van der Waals surface area contributed by atoms with Gasteiger partial charge in [0.2, 0.25) is 0 Å². The standard InChI is InChI=1S/C16H21ClFN3/c1-10-5-7-21(8-6-10)16(19)20-14-9-11(14)15-12(17)3-2-4-13(15)18/h2-4,10-11,14H,5-9H2,1H3,(H2,19,20). The minimum Gasteiger partial charge on any atom is -0.370 e. The maximum absolute atomic E-state index is 13.9. The van der Waals surface area contributed by atoms with Gasteiger partial charge < -0.3 is 10.6 Å². The van der Waals surface area contributed by atoms with Crippen LogP contribution < -0.4 is 5.73 Å². The van der Waals surface area contributed by atoms with Crippen molar-refractivity contribution in [1.82, 2.24) is 4.90 Å². The zero-order chi connectivity index (χ0) is 15.0. The Balaban J connectivity index is 1.66. The van der Waals surface area contributed by atoms with Gasteiger partial charge in [-0.2, -0.15) is 0 Å². The summed E-state index contributed by atoms with van der Waals surface area (Å²) < 4.78 is 13.9. The molecule has 3 rings (SSSR count). The van der Waals surface area contributed by atoms with Crippen molar-refractivity contribution in [2.75, 3.05) is 13.1 Å². The fraction of sp³-hybridized carbons (Fsp3) is 0.562. The summed E-state index contributed by atoms with van der Waals surface area (Å²) in [5, 5.41) is 0.489. The van der Waals surface area contributed by atoms with Crippen LogP contribution in [-0.4, -0.2) is 30.0 Å². The van der Waals surface area contributed by atoms with Crippen molar-refractivity contribution < 1.29 is 4.39 Å². The maximum Gasteiger partial charge on any atom is 0.191 e. The number of guanidine groups is 1. The molecule has 1 aromatic carbocycles. The van der Waals surface area contributed by atoms with Crippen LogP contribution in [0.1, 0.15) is 37.7 Å². The third kappa shape index (κ3) is 3.15. The molecule has 1 aliphatic carbocycles. The zero-order valence-corrected chi connectivity index (χ0v) is 13.0. The molecule has 0 spiro atoms. The average molecular weight is 310 g/mol. The van der Waals surface area contributed by atoms with Crippen LogP contribution in [0.2, 0.25) is 5.02 Å². The quantitative estimate of drug-likeness (QED) is 0.672. The van der Waals surface area contributed by atoms with Gasteiger partial charge in [-0.05, 0) is 37.3 Å². The molecule has 2 unspecified atom stereocenters. The Morgan fingerprint density at radius 3 is 2.76 bits per heavy atom. The van der Waals surface area contributed by atoms with Gasteiger partial charge >= 0.3 is 0 Å². The lowest BCUT2D eigenvalue weighted by molar-refractivity contribution is 0.277. The molecule has 21 heavy (non-hydrogen) atoms. The first-order chi connectivity index (χ1) is 10.1. The van der Waals surface area contributed by atoms with E-state index >= 15 is 0 Å². The molecular formula is C16H21ClFN3. The van der Waals surface area contributed by atoms with Crippen molar-refractivity contribution in [1.29, 1.82) is 0 Å². The van der Waals surface area contributed by atoms with Crippen molar-refractivity contribution in [2.45, 2.75) is 38.1 Å². The van der Waals surface area contributed by atoms with Crippen LogP contribution >= 0.6 is 11.6 Å². The van der Waals surface area contributed by atoms with Gasteiger partial charge in [-0.25, -0.2) is 9.38 Å². The number of hydrogen-bond acceptors (Lipinski definition) is 1. The fourth-order valence-corrected chi connectivity index (χ4v) is 3.29. The van der Waals surface area contributed by atoms with Gasteiger partial charge in [0, 0.05) is 29.6 Å². The second-order valence-electron chi connectivity index (χ2n) is 6.20. The predicted octanol–water partition coefficient (Wildman–Crippen LogP) is 3.38. The van der Waals surface area contributed by atoms with Gasteiger partial charge in [0.1, 0.15) is 5.82 Å². The highest BCUT2D eigenvalue weighted by Crippen LogP contribution is 2.47. The summed E-state index contributed by atoms with van der Waals surface area (Å²) in [6.07, 6.45) is 3.14. The van der Waals surface area contributed by atoms with E-state index in [2.05, 4.69) is 16.8 Å². The molecular weight excluding hydrogens is 289 g/mol. The van der Waals surface area contributed by atoms with Gasteiger partial charge in [0.15, 0.2) is 5.96 Å². The van der Waals surface area contributed by atoms with E-state index < -0.39 is 0 Å². The van der Waals surface area contributed by atoms with E-state index in [-0.39, 0.29) is 17.8 Å². The number of halogens is 2. The second kappa shape index (κ2) is 5.84. The third-order valence-electron chi connectivity index (χ3n) is 4.53. The molecule has 5 heteroatoms. The molecule has 1 saturated heterocycles. The molecule has 1 aromatic rings. The number of likely N-dealkylation sites (tertiary alicyclic amines) is 1. The van der Waals surface area contributed by atoms with Crippen molar-refractivity contribution in [3.8, 4) is 0 Å². The molecule has 1 aliphatic heterocycles. The summed E-state index contributed by atoms with van der Waals surface area (Å²) in [7, 11) is 0. The van der Waals surface area contributed by atoms with E-state index in [0.717, 1.165) is 38.3 Å². The lowest BCUT2D eigenvalue weighted by Gasteiger charge is -2.31. The molecule has 114 valence electrons. The fourth-order valence-electron chi connectivity index (χ4n) is 2.99. The van der Waals surface area contributed by atoms with E-state index in [9.17, 15) is 4.39 Å².